The van der Waals surface area contributed by atoms with E-state index in [0.717, 1.165) is 31.6 Å². The van der Waals surface area contributed by atoms with E-state index in [2.05, 4.69) is 9.97 Å². The molecule has 0 saturated carbocycles. The third-order valence-electron chi connectivity index (χ3n) is 3.13. The van der Waals surface area contributed by atoms with Crippen LogP contribution in [0, 0.1) is 18.3 Å². The summed E-state index contributed by atoms with van der Waals surface area (Å²) in [6.45, 7) is 3.73. The molecule has 6 nitrogen and oxygen atoms in total. The highest BCUT2D eigenvalue weighted by molar-refractivity contribution is 5.81. The molecule has 1 fully saturated rings. The quantitative estimate of drug-likeness (QED) is 0.799. The molecule has 1 amide bonds. The summed E-state index contributed by atoms with van der Waals surface area (Å²) >= 11 is 0. The van der Waals surface area contributed by atoms with E-state index in [9.17, 15) is 4.79 Å². The molecule has 0 radical (unpaired) electrons. The Balaban J connectivity index is 2.07. The van der Waals surface area contributed by atoms with Crippen molar-refractivity contribution >= 4 is 11.9 Å². The summed E-state index contributed by atoms with van der Waals surface area (Å²) in [6.07, 6.45) is 2.16. The topological polar surface area (TPSA) is 73.1 Å². The monoisotopic (exact) mass is 259 g/mol. The van der Waals surface area contributed by atoms with Gasteiger partial charge in [-0.05, 0) is 25.8 Å². The molecule has 0 unspecified atom stereocenters. The van der Waals surface area contributed by atoms with Gasteiger partial charge >= 0.3 is 0 Å². The Bertz CT molecular complexity index is 516. The average Bonchev–Trinajstić information content (AvgIpc) is 2.91. The van der Waals surface area contributed by atoms with Gasteiger partial charge in [-0.15, -0.1) is 0 Å². The molecule has 1 saturated heterocycles. The van der Waals surface area contributed by atoms with Crippen LogP contribution in [-0.2, 0) is 4.79 Å². The molecule has 2 rings (SSSR count). The van der Waals surface area contributed by atoms with Crippen molar-refractivity contribution in [2.24, 2.45) is 0 Å². The summed E-state index contributed by atoms with van der Waals surface area (Å²) in [5.74, 6) is 0.507. The van der Waals surface area contributed by atoms with Crippen LogP contribution in [-0.4, -0.2) is 47.5 Å². The first kappa shape index (κ1) is 13.3. The van der Waals surface area contributed by atoms with E-state index in [1.54, 1.807) is 18.0 Å². The van der Waals surface area contributed by atoms with Crippen LogP contribution in [0.3, 0.4) is 0 Å². The second-order valence-corrected chi connectivity index (χ2v) is 4.75. The van der Waals surface area contributed by atoms with E-state index in [-0.39, 0.29) is 12.5 Å². The van der Waals surface area contributed by atoms with Crippen LogP contribution in [0.2, 0.25) is 0 Å². The second kappa shape index (κ2) is 5.65. The number of likely N-dealkylation sites (N-methyl/N-ethyl adjacent to an activating group) is 1. The zero-order chi connectivity index (χ0) is 13.8. The van der Waals surface area contributed by atoms with E-state index in [0.29, 0.717) is 11.6 Å². The van der Waals surface area contributed by atoms with Crippen LogP contribution in [0.1, 0.15) is 24.2 Å². The summed E-state index contributed by atoms with van der Waals surface area (Å²) in [4.78, 5) is 23.9. The number of amides is 1. The van der Waals surface area contributed by atoms with Crippen LogP contribution in [0.25, 0.3) is 0 Å². The first-order valence-electron chi connectivity index (χ1n) is 6.35. The van der Waals surface area contributed by atoms with Crippen molar-refractivity contribution in [2.45, 2.75) is 19.8 Å². The van der Waals surface area contributed by atoms with Gasteiger partial charge in [-0.2, -0.15) is 5.26 Å². The van der Waals surface area contributed by atoms with E-state index in [4.69, 9.17) is 5.26 Å². The zero-order valence-electron chi connectivity index (χ0n) is 11.3. The first-order chi connectivity index (χ1) is 9.10. The maximum absolute atomic E-state index is 12.0. The summed E-state index contributed by atoms with van der Waals surface area (Å²) in [6, 6.07) is 3.62. The fraction of sp³-hybridized carbons (Fsp3) is 0.538. The molecule has 1 aliphatic heterocycles. The number of aryl methyl sites for hydroxylation is 1. The van der Waals surface area contributed by atoms with Gasteiger partial charge in [0, 0.05) is 25.8 Å². The summed E-state index contributed by atoms with van der Waals surface area (Å²) in [7, 11) is 1.77. The molecule has 0 atom stereocenters. The Morgan fingerprint density at radius 3 is 2.79 bits per heavy atom. The molecule has 0 aliphatic carbocycles. The molecule has 1 aromatic rings. The largest absolute Gasteiger partial charge is 0.341 e. The molecule has 6 heteroatoms. The number of anilines is 1. The number of rotatable bonds is 3. The molecule has 100 valence electrons. The van der Waals surface area contributed by atoms with Gasteiger partial charge in [0.05, 0.1) is 6.54 Å². The molecule has 0 N–H and O–H groups in total. The summed E-state index contributed by atoms with van der Waals surface area (Å²) in [5, 5.41) is 8.89. The lowest BCUT2D eigenvalue weighted by Gasteiger charge is -2.21. The van der Waals surface area contributed by atoms with Gasteiger partial charge in [0.1, 0.15) is 11.8 Å². The van der Waals surface area contributed by atoms with Gasteiger partial charge in [-0.25, -0.2) is 9.97 Å². The van der Waals surface area contributed by atoms with Crippen LogP contribution in [0.15, 0.2) is 6.07 Å². The molecule has 1 aromatic heterocycles. The Morgan fingerprint density at radius 1 is 1.47 bits per heavy atom. The van der Waals surface area contributed by atoms with Crippen LogP contribution < -0.4 is 4.90 Å². The molecule has 1 aliphatic rings. The van der Waals surface area contributed by atoms with E-state index < -0.39 is 0 Å². The molecule has 19 heavy (non-hydrogen) atoms. The fourth-order valence-electron chi connectivity index (χ4n) is 2.12. The highest BCUT2D eigenvalue weighted by Gasteiger charge is 2.20. The predicted molar refractivity (Wildman–Crippen MR) is 70.6 cm³/mol. The Morgan fingerprint density at radius 2 is 2.16 bits per heavy atom. The first-order valence-corrected chi connectivity index (χ1v) is 6.35. The number of aromatic nitrogens is 2. The van der Waals surface area contributed by atoms with Crippen molar-refractivity contribution in [1.82, 2.24) is 14.9 Å². The molecular weight excluding hydrogens is 242 g/mol. The Hall–Kier alpha value is -2.16. The minimum atomic E-state index is 0.0867. The third kappa shape index (κ3) is 3.19. The van der Waals surface area contributed by atoms with Gasteiger partial charge in [-0.1, -0.05) is 0 Å². The van der Waals surface area contributed by atoms with Crippen LogP contribution >= 0.6 is 0 Å². The maximum atomic E-state index is 12.0. The lowest BCUT2D eigenvalue weighted by molar-refractivity contribution is -0.128. The number of nitrogens with zero attached hydrogens (tertiary/aromatic N) is 5. The lowest BCUT2D eigenvalue weighted by atomic mass is 10.3. The summed E-state index contributed by atoms with van der Waals surface area (Å²) in [5.41, 5.74) is 1.05. The fourth-order valence-corrected chi connectivity index (χ4v) is 2.12. The lowest BCUT2D eigenvalue weighted by Crippen LogP contribution is -2.38. The molecule has 0 aromatic carbocycles. The number of hydrogen-bond acceptors (Lipinski definition) is 5. The minimum absolute atomic E-state index is 0.0867. The van der Waals surface area contributed by atoms with Crippen molar-refractivity contribution in [3.05, 3.63) is 17.5 Å². The maximum Gasteiger partial charge on any atom is 0.242 e. The van der Waals surface area contributed by atoms with Crippen LogP contribution in [0.4, 0.5) is 5.95 Å². The number of hydrogen-bond donors (Lipinski definition) is 0. The highest BCUT2D eigenvalue weighted by atomic mass is 16.2. The number of nitriles is 1. The van der Waals surface area contributed by atoms with Gasteiger partial charge in [0.2, 0.25) is 11.9 Å². The van der Waals surface area contributed by atoms with Gasteiger partial charge in [0.15, 0.2) is 0 Å². The smallest absolute Gasteiger partial charge is 0.242 e. The van der Waals surface area contributed by atoms with E-state index in [1.165, 1.54) is 0 Å². The number of carbonyl (C=O) groups is 1. The highest BCUT2D eigenvalue weighted by Crippen LogP contribution is 2.11. The normalized spacial score (nSPS) is 14.3. The van der Waals surface area contributed by atoms with Gasteiger partial charge < -0.3 is 9.80 Å². The molecular formula is C13H17N5O. The van der Waals surface area contributed by atoms with Crippen molar-refractivity contribution < 1.29 is 4.79 Å². The Kier molecular flexibility index (Phi) is 3.95. The van der Waals surface area contributed by atoms with Crippen LogP contribution in [0.5, 0.6) is 0 Å². The Labute approximate surface area is 112 Å². The standard InChI is InChI=1S/C13H17N5O/c1-10-7-11(8-14)16-13(15-10)17(2)9-12(19)18-5-3-4-6-18/h7H,3-6,9H2,1-2H3. The van der Waals surface area contributed by atoms with E-state index >= 15 is 0 Å². The van der Waals surface area contributed by atoms with E-state index in [1.807, 2.05) is 17.9 Å². The molecule has 0 bridgehead atoms. The predicted octanol–water partition coefficient (Wildman–Crippen LogP) is 0.715. The van der Waals surface area contributed by atoms with Crippen molar-refractivity contribution in [3.63, 3.8) is 0 Å². The SMILES string of the molecule is Cc1cc(C#N)nc(N(C)CC(=O)N2CCCC2)n1. The molecule has 0 spiro atoms. The van der Waals surface area contributed by atoms with Gasteiger partial charge in [0.25, 0.3) is 0 Å². The minimum Gasteiger partial charge on any atom is -0.341 e. The van der Waals surface area contributed by atoms with Gasteiger partial charge in [-0.3, -0.25) is 4.79 Å². The zero-order valence-corrected chi connectivity index (χ0v) is 11.3. The summed E-state index contributed by atoms with van der Waals surface area (Å²) < 4.78 is 0. The van der Waals surface area contributed by atoms with Crippen molar-refractivity contribution in [3.8, 4) is 6.07 Å². The number of likely N-dealkylation sites (tertiary alicyclic amines) is 1. The van der Waals surface area contributed by atoms with Crippen molar-refractivity contribution in [1.29, 1.82) is 5.26 Å². The second-order valence-electron chi connectivity index (χ2n) is 4.75. The van der Waals surface area contributed by atoms with Crippen molar-refractivity contribution in [2.75, 3.05) is 31.6 Å². The molecule has 2 heterocycles. The third-order valence-corrected chi connectivity index (χ3v) is 3.13. The number of carbonyl (C=O) groups excluding carboxylic acids is 1. The average molecular weight is 259 g/mol.